The molecule has 15 heavy (non-hydrogen) atoms. The van der Waals surface area contributed by atoms with Gasteiger partial charge in [0, 0.05) is 5.25 Å². The Morgan fingerprint density at radius 3 is 2.93 bits per heavy atom. The highest BCUT2D eigenvalue weighted by molar-refractivity contribution is 7.99. The Labute approximate surface area is 98.8 Å². The first kappa shape index (κ1) is 11.8. The monoisotopic (exact) mass is 227 g/mol. The molecule has 2 heteroatoms. The van der Waals surface area contributed by atoms with E-state index in [2.05, 4.69) is 18.5 Å². The van der Waals surface area contributed by atoms with Crippen molar-refractivity contribution in [2.75, 3.05) is 19.3 Å². The predicted molar refractivity (Wildman–Crippen MR) is 69.4 cm³/mol. The molecule has 1 aliphatic carbocycles. The lowest BCUT2D eigenvalue weighted by molar-refractivity contribution is 0.383. The molecule has 4 atom stereocenters. The summed E-state index contributed by atoms with van der Waals surface area (Å²) in [4.78, 5) is 0. The van der Waals surface area contributed by atoms with Crippen LogP contribution in [0.1, 0.15) is 39.0 Å². The second-order valence-electron chi connectivity index (χ2n) is 5.49. The van der Waals surface area contributed by atoms with Crippen LogP contribution in [-0.4, -0.2) is 24.6 Å². The molecule has 1 N–H and O–H groups in total. The molecule has 0 radical (unpaired) electrons. The van der Waals surface area contributed by atoms with Gasteiger partial charge >= 0.3 is 0 Å². The topological polar surface area (TPSA) is 12.0 Å². The molecule has 0 amide bonds. The van der Waals surface area contributed by atoms with Crippen LogP contribution in [0.5, 0.6) is 0 Å². The molecule has 1 nitrogen and oxygen atoms in total. The smallest absolute Gasteiger partial charge is 0.00185 e. The number of fused-ring (bicyclic) bond motifs is 1. The Bertz CT molecular complexity index is 181. The fourth-order valence-corrected chi connectivity index (χ4v) is 3.94. The molecule has 2 aliphatic rings. The van der Waals surface area contributed by atoms with Crippen molar-refractivity contribution in [3.8, 4) is 0 Å². The van der Waals surface area contributed by atoms with Crippen LogP contribution in [0, 0.1) is 17.8 Å². The Balaban J connectivity index is 1.82. The molecular weight excluding hydrogens is 202 g/mol. The fourth-order valence-electron chi connectivity index (χ4n) is 3.48. The zero-order valence-electron chi connectivity index (χ0n) is 10.2. The van der Waals surface area contributed by atoms with Crippen LogP contribution in [0.4, 0.5) is 0 Å². The van der Waals surface area contributed by atoms with E-state index in [9.17, 15) is 0 Å². The summed E-state index contributed by atoms with van der Waals surface area (Å²) in [6.45, 7) is 4.95. The molecule has 2 rings (SSSR count). The fraction of sp³-hybridized carbons (Fsp3) is 1.00. The zero-order chi connectivity index (χ0) is 10.7. The zero-order valence-corrected chi connectivity index (χ0v) is 11.0. The van der Waals surface area contributed by atoms with E-state index in [0.29, 0.717) is 0 Å². The SMILES string of the molecule is CSC(C)CC1CC2CCCNCC2C1. The molecule has 1 aliphatic heterocycles. The number of rotatable bonds is 3. The molecule has 0 aromatic rings. The molecule has 0 spiro atoms. The normalized spacial score (nSPS) is 38.4. The van der Waals surface area contributed by atoms with E-state index in [1.807, 2.05) is 11.8 Å². The lowest BCUT2D eigenvalue weighted by atomic mass is 9.93. The summed E-state index contributed by atoms with van der Waals surface area (Å²) in [7, 11) is 0. The van der Waals surface area contributed by atoms with E-state index in [1.165, 1.54) is 45.2 Å². The Kier molecular flexibility index (Phi) is 4.39. The van der Waals surface area contributed by atoms with Crippen LogP contribution >= 0.6 is 11.8 Å². The lowest BCUT2D eigenvalue weighted by Crippen LogP contribution is -2.21. The summed E-state index contributed by atoms with van der Waals surface area (Å²) >= 11 is 2.03. The van der Waals surface area contributed by atoms with Gasteiger partial charge < -0.3 is 5.32 Å². The van der Waals surface area contributed by atoms with Gasteiger partial charge in [-0.05, 0) is 69.2 Å². The Hall–Kier alpha value is 0.310. The predicted octanol–water partition coefficient (Wildman–Crippen LogP) is 3.15. The highest BCUT2D eigenvalue weighted by atomic mass is 32.2. The summed E-state index contributed by atoms with van der Waals surface area (Å²) in [5.41, 5.74) is 0. The quantitative estimate of drug-likeness (QED) is 0.795. The number of thioether (sulfide) groups is 1. The standard InChI is InChI=1S/C13H25NS/c1-10(15-2)6-11-7-12-4-3-5-14-9-13(12)8-11/h10-14H,3-9H2,1-2H3. The molecule has 0 aromatic carbocycles. The first-order chi connectivity index (χ1) is 7.29. The van der Waals surface area contributed by atoms with Gasteiger partial charge in [-0.15, -0.1) is 0 Å². The van der Waals surface area contributed by atoms with Gasteiger partial charge in [0.05, 0.1) is 0 Å². The van der Waals surface area contributed by atoms with Gasteiger partial charge in [-0.25, -0.2) is 0 Å². The maximum absolute atomic E-state index is 3.60. The van der Waals surface area contributed by atoms with Gasteiger partial charge in [0.1, 0.15) is 0 Å². The van der Waals surface area contributed by atoms with Gasteiger partial charge in [-0.2, -0.15) is 11.8 Å². The first-order valence-corrected chi connectivity index (χ1v) is 7.82. The Morgan fingerprint density at radius 2 is 2.13 bits per heavy atom. The average Bonchev–Trinajstić information content (AvgIpc) is 2.48. The highest BCUT2D eigenvalue weighted by Crippen LogP contribution is 2.42. The average molecular weight is 227 g/mol. The lowest BCUT2D eigenvalue weighted by Gasteiger charge is -2.15. The molecule has 2 fully saturated rings. The van der Waals surface area contributed by atoms with Crippen molar-refractivity contribution in [2.45, 2.75) is 44.3 Å². The second kappa shape index (κ2) is 5.58. The van der Waals surface area contributed by atoms with Crippen molar-refractivity contribution in [3.05, 3.63) is 0 Å². The largest absolute Gasteiger partial charge is 0.316 e. The third kappa shape index (κ3) is 3.13. The Morgan fingerprint density at radius 1 is 1.33 bits per heavy atom. The van der Waals surface area contributed by atoms with Crippen LogP contribution in [-0.2, 0) is 0 Å². The summed E-state index contributed by atoms with van der Waals surface area (Å²) in [6, 6.07) is 0. The van der Waals surface area contributed by atoms with Gasteiger partial charge in [0.15, 0.2) is 0 Å². The van der Waals surface area contributed by atoms with E-state index in [-0.39, 0.29) is 0 Å². The van der Waals surface area contributed by atoms with E-state index in [4.69, 9.17) is 0 Å². The van der Waals surface area contributed by atoms with Crippen molar-refractivity contribution >= 4 is 11.8 Å². The molecule has 1 saturated heterocycles. The second-order valence-corrected chi connectivity index (χ2v) is 6.76. The summed E-state index contributed by atoms with van der Waals surface area (Å²) < 4.78 is 0. The maximum Gasteiger partial charge on any atom is 0.00185 e. The molecule has 4 unspecified atom stereocenters. The van der Waals surface area contributed by atoms with Gasteiger partial charge in [0.25, 0.3) is 0 Å². The molecular formula is C13H25NS. The number of hydrogen-bond donors (Lipinski definition) is 1. The minimum Gasteiger partial charge on any atom is -0.316 e. The van der Waals surface area contributed by atoms with E-state index < -0.39 is 0 Å². The minimum atomic E-state index is 0.866. The van der Waals surface area contributed by atoms with Crippen molar-refractivity contribution in [1.82, 2.24) is 5.32 Å². The van der Waals surface area contributed by atoms with E-state index >= 15 is 0 Å². The van der Waals surface area contributed by atoms with Crippen LogP contribution < -0.4 is 5.32 Å². The van der Waals surface area contributed by atoms with Crippen molar-refractivity contribution in [1.29, 1.82) is 0 Å². The van der Waals surface area contributed by atoms with Gasteiger partial charge in [-0.3, -0.25) is 0 Å². The maximum atomic E-state index is 3.60. The van der Waals surface area contributed by atoms with Crippen molar-refractivity contribution in [3.63, 3.8) is 0 Å². The van der Waals surface area contributed by atoms with Gasteiger partial charge in [-0.1, -0.05) is 6.92 Å². The van der Waals surface area contributed by atoms with Crippen LogP contribution in [0.15, 0.2) is 0 Å². The molecule has 1 heterocycles. The molecule has 88 valence electrons. The molecule has 0 bridgehead atoms. The van der Waals surface area contributed by atoms with Crippen molar-refractivity contribution < 1.29 is 0 Å². The third-order valence-corrected chi connectivity index (χ3v) is 5.34. The number of nitrogens with one attached hydrogen (secondary N) is 1. The van der Waals surface area contributed by atoms with Crippen LogP contribution in [0.3, 0.4) is 0 Å². The van der Waals surface area contributed by atoms with Crippen molar-refractivity contribution in [2.24, 2.45) is 17.8 Å². The summed E-state index contributed by atoms with van der Waals surface area (Å²) in [5.74, 6) is 3.09. The van der Waals surface area contributed by atoms with Crippen LogP contribution in [0.25, 0.3) is 0 Å². The number of hydrogen-bond acceptors (Lipinski definition) is 2. The van der Waals surface area contributed by atoms with Gasteiger partial charge in [0.2, 0.25) is 0 Å². The first-order valence-electron chi connectivity index (χ1n) is 6.53. The van der Waals surface area contributed by atoms with E-state index in [0.717, 1.165) is 23.0 Å². The molecule has 1 saturated carbocycles. The summed E-state index contributed by atoms with van der Waals surface area (Å²) in [6.07, 6.45) is 9.63. The van der Waals surface area contributed by atoms with E-state index in [1.54, 1.807) is 0 Å². The summed E-state index contributed by atoms with van der Waals surface area (Å²) in [5, 5.41) is 4.47. The molecule has 0 aromatic heterocycles. The van der Waals surface area contributed by atoms with Crippen LogP contribution in [0.2, 0.25) is 0 Å². The third-order valence-electron chi connectivity index (χ3n) is 4.34. The highest BCUT2D eigenvalue weighted by Gasteiger charge is 2.34. The minimum absolute atomic E-state index is 0.866.